The number of rotatable bonds is 9. The number of benzene rings is 1. The lowest BCUT2D eigenvalue weighted by molar-refractivity contribution is -0.148. The molecule has 0 N–H and O–H groups in total. The van der Waals surface area contributed by atoms with Gasteiger partial charge in [-0.25, -0.2) is 0 Å². The van der Waals surface area contributed by atoms with E-state index >= 15 is 0 Å². The van der Waals surface area contributed by atoms with Crippen LogP contribution in [0.4, 0.5) is 5.82 Å². The van der Waals surface area contributed by atoms with E-state index < -0.39 is 0 Å². The first-order chi connectivity index (χ1) is 19.7. The second-order valence-corrected chi connectivity index (χ2v) is 11.6. The summed E-state index contributed by atoms with van der Waals surface area (Å²) in [5.74, 6) is 0.507. The minimum Gasteiger partial charge on any atom is -0.497 e. The summed E-state index contributed by atoms with van der Waals surface area (Å²) in [4.78, 5) is 43.7. The molecule has 3 heterocycles. The number of anilines is 1. The second-order valence-electron chi connectivity index (χ2n) is 9.96. The molecule has 0 bridgehead atoms. The highest BCUT2D eigenvalue weighted by atomic mass is 32.2. The van der Waals surface area contributed by atoms with Crippen molar-refractivity contribution in [3.63, 3.8) is 0 Å². The average Bonchev–Trinajstić information content (AvgIpc) is 3.23. The van der Waals surface area contributed by atoms with Crippen LogP contribution in [0.25, 0.3) is 6.08 Å². The highest BCUT2D eigenvalue weighted by Crippen LogP contribution is 2.37. The molecule has 0 radical (unpaired) electrons. The van der Waals surface area contributed by atoms with E-state index in [0.29, 0.717) is 71.8 Å². The van der Waals surface area contributed by atoms with Crippen LogP contribution in [0.3, 0.4) is 0 Å². The average molecular weight is 595 g/mol. The molecule has 4 rings (SSSR count). The normalized spacial score (nSPS) is 18.1. The third-order valence-corrected chi connectivity index (χ3v) is 8.66. The highest BCUT2D eigenvalue weighted by molar-refractivity contribution is 8.26. The zero-order valence-corrected chi connectivity index (χ0v) is 25.4. The number of carbonyl (C=O) groups is 2. The smallest absolute Gasteiger partial charge is 0.310 e. The quantitative estimate of drug-likeness (QED) is 0.234. The van der Waals surface area contributed by atoms with Crippen LogP contribution in [0.5, 0.6) is 5.75 Å². The SMILES string of the molecule is CCCn1c(N2CCCC(C(=O)OCC)C2)c(C=C2SC(=S)N(Cc3ccc(OC)cc3)C2=O)c(C)c(C#N)c1=O. The maximum absolute atomic E-state index is 13.6. The molecule has 216 valence electrons. The Bertz CT molecular complexity index is 1480. The lowest BCUT2D eigenvalue weighted by Gasteiger charge is -2.36. The van der Waals surface area contributed by atoms with Gasteiger partial charge in [0.1, 0.15) is 27.5 Å². The first-order valence-electron chi connectivity index (χ1n) is 13.7. The zero-order valence-electron chi connectivity index (χ0n) is 23.8. The summed E-state index contributed by atoms with van der Waals surface area (Å²) in [7, 11) is 1.60. The molecule has 2 aliphatic rings. The first kappa shape index (κ1) is 30.3. The van der Waals surface area contributed by atoms with E-state index in [1.165, 1.54) is 11.8 Å². The number of aromatic nitrogens is 1. The largest absolute Gasteiger partial charge is 0.497 e. The highest BCUT2D eigenvalue weighted by Gasteiger charge is 2.35. The van der Waals surface area contributed by atoms with Crippen molar-refractivity contribution in [1.82, 2.24) is 9.47 Å². The van der Waals surface area contributed by atoms with Crippen molar-refractivity contribution >= 4 is 52.1 Å². The number of esters is 1. The Kier molecular flexibility index (Phi) is 9.89. The van der Waals surface area contributed by atoms with Crippen molar-refractivity contribution in [3.05, 3.63) is 61.8 Å². The minimum absolute atomic E-state index is 0.0427. The summed E-state index contributed by atoms with van der Waals surface area (Å²) in [5, 5.41) is 9.92. The fraction of sp³-hybridized carbons (Fsp3) is 0.433. The molecule has 9 nitrogen and oxygen atoms in total. The lowest BCUT2D eigenvalue weighted by atomic mass is 9.96. The molecule has 1 atom stereocenters. The summed E-state index contributed by atoms with van der Waals surface area (Å²) >= 11 is 6.79. The van der Waals surface area contributed by atoms with E-state index in [2.05, 4.69) is 6.07 Å². The predicted molar refractivity (Wildman–Crippen MR) is 164 cm³/mol. The number of pyridine rings is 1. The van der Waals surface area contributed by atoms with Crippen LogP contribution in [0, 0.1) is 24.2 Å². The monoisotopic (exact) mass is 594 g/mol. The summed E-state index contributed by atoms with van der Waals surface area (Å²) in [6.07, 6.45) is 3.85. The number of nitriles is 1. The fourth-order valence-corrected chi connectivity index (χ4v) is 6.46. The number of nitrogens with zero attached hydrogens (tertiary/aromatic N) is 4. The molecule has 1 aromatic carbocycles. The second kappa shape index (κ2) is 13.4. The Morgan fingerprint density at radius 3 is 2.61 bits per heavy atom. The number of carbonyl (C=O) groups excluding carboxylic acids is 2. The number of hydrogen-bond donors (Lipinski definition) is 0. The third-order valence-electron chi connectivity index (χ3n) is 7.28. The fourth-order valence-electron chi connectivity index (χ4n) is 5.22. The van der Waals surface area contributed by atoms with Crippen LogP contribution >= 0.6 is 24.0 Å². The Labute approximate surface area is 249 Å². The molecule has 2 fully saturated rings. The van der Waals surface area contributed by atoms with Crippen molar-refractivity contribution in [2.45, 2.75) is 53.1 Å². The molecule has 0 spiro atoms. The molecule has 2 aliphatic heterocycles. The number of thiocarbonyl (C=S) groups is 1. The van der Waals surface area contributed by atoms with Crippen LogP contribution < -0.4 is 15.2 Å². The minimum atomic E-state index is -0.371. The molecule has 0 saturated carbocycles. The predicted octanol–water partition coefficient (Wildman–Crippen LogP) is 4.63. The number of thioether (sulfide) groups is 1. The van der Waals surface area contributed by atoms with Crippen LogP contribution in [0.15, 0.2) is 34.0 Å². The number of amides is 1. The van der Waals surface area contributed by atoms with Gasteiger partial charge in [-0.2, -0.15) is 5.26 Å². The molecular weight excluding hydrogens is 560 g/mol. The van der Waals surface area contributed by atoms with Gasteiger partial charge in [-0.1, -0.05) is 43.0 Å². The number of methoxy groups -OCH3 is 1. The van der Waals surface area contributed by atoms with E-state index in [1.807, 2.05) is 36.1 Å². The van der Waals surface area contributed by atoms with Crippen molar-refractivity contribution in [3.8, 4) is 11.8 Å². The van der Waals surface area contributed by atoms with E-state index in [-0.39, 0.29) is 28.9 Å². The first-order valence-corrected chi connectivity index (χ1v) is 14.9. The third kappa shape index (κ3) is 6.34. The summed E-state index contributed by atoms with van der Waals surface area (Å²) in [6.45, 7) is 7.49. The van der Waals surface area contributed by atoms with E-state index in [1.54, 1.807) is 36.5 Å². The van der Waals surface area contributed by atoms with Crippen molar-refractivity contribution < 1.29 is 19.1 Å². The van der Waals surface area contributed by atoms with Gasteiger partial charge in [0.15, 0.2) is 0 Å². The van der Waals surface area contributed by atoms with Gasteiger partial charge in [0.2, 0.25) is 0 Å². The van der Waals surface area contributed by atoms with Crippen LogP contribution in [0.1, 0.15) is 55.4 Å². The van der Waals surface area contributed by atoms with Crippen molar-refractivity contribution in [2.24, 2.45) is 5.92 Å². The van der Waals surface area contributed by atoms with Gasteiger partial charge in [-0.05, 0) is 62.4 Å². The standard InChI is InChI=1S/C30H34N4O5S2/c1-5-13-33-26(32-14-7-8-21(18-32)29(37)39-6-2)23(19(3)24(16-31)27(33)35)15-25-28(36)34(30(40)41-25)17-20-9-11-22(38-4)12-10-20/h9-12,15,21H,5-8,13-14,17-18H2,1-4H3. The van der Waals surface area contributed by atoms with Crippen molar-refractivity contribution in [2.75, 3.05) is 31.7 Å². The molecule has 1 aromatic heterocycles. The molecular formula is C30H34N4O5S2. The molecule has 0 aliphatic carbocycles. The topological polar surface area (TPSA) is 105 Å². The number of hydrogen-bond acceptors (Lipinski definition) is 9. The molecule has 11 heteroatoms. The van der Waals surface area contributed by atoms with E-state index in [9.17, 15) is 19.6 Å². The molecule has 2 aromatic rings. The van der Waals surface area contributed by atoms with Gasteiger partial charge in [0, 0.05) is 25.2 Å². The van der Waals surface area contributed by atoms with Crippen LogP contribution in [-0.2, 0) is 27.4 Å². The Hall–Kier alpha value is -3.62. The van der Waals surface area contributed by atoms with Crippen molar-refractivity contribution in [1.29, 1.82) is 5.26 Å². The zero-order chi connectivity index (χ0) is 29.7. The number of ether oxygens (including phenoxy) is 2. The van der Waals surface area contributed by atoms with Gasteiger partial charge in [0.25, 0.3) is 11.5 Å². The molecule has 2 saturated heterocycles. The molecule has 1 amide bonds. The molecule has 1 unspecified atom stereocenters. The van der Waals surface area contributed by atoms with Gasteiger partial charge in [0.05, 0.1) is 31.1 Å². The van der Waals surface area contributed by atoms with E-state index in [4.69, 9.17) is 21.7 Å². The van der Waals surface area contributed by atoms with Gasteiger partial charge in [-0.15, -0.1) is 0 Å². The Morgan fingerprint density at radius 2 is 1.98 bits per heavy atom. The van der Waals surface area contributed by atoms with Crippen LogP contribution in [-0.4, -0.2) is 52.5 Å². The number of piperidine rings is 1. The Morgan fingerprint density at radius 1 is 1.24 bits per heavy atom. The van der Waals surface area contributed by atoms with Gasteiger partial charge in [-0.3, -0.25) is 23.9 Å². The maximum Gasteiger partial charge on any atom is 0.310 e. The van der Waals surface area contributed by atoms with Gasteiger partial charge < -0.3 is 14.4 Å². The maximum atomic E-state index is 13.6. The molecule has 41 heavy (non-hydrogen) atoms. The van der Waals surface area contributed by atoms with E-state index in [0.717, 1.165) is 17.7 Å². The Balaban J connectivity index is 1.78. The lowest BCUT2D eigenvalue weighted by Crippen LogP contribution is -2.43. The summed E-state index contributed by atoms with van der Waals surface area (Å²) in [5.41, 5.74) is 1.69. The van der Waals surface area contributed by atoms with Crippen LogP contribution in [0.2, 0.25) is 0 Å². The summed E-state index contributed by atoms with van der Waals surface area (Å²) < 4.78 is 12.6. The van der Waals surface area contributed by atoms with Gasteiger partial charge >= 0.3 is 5.97 Å². The summed E-state index contributed by atoms with van der Waals surface area (Å²) in [6, 6.07) is 9.52.